The lowest BCUT2D eigenvalue weighted by atomic mass is 10.0. The van der Waals surface area contributed by atoms with Crippen LogP contribution in [0.5, 0.6) is 0 Å². The molecule has 0 heterocycles. The van der Waals surface area contributed by atoms with Gasteiger partial charge in [-0.15, -0.1) is 0 Å². The van der Waals surface area contributed by atoms with Crippen molar-refractivity contribution in [3.63, 3.8) is 0 Å². The monoisotopic (exact) mass is 234 g/mol. The van der Waals surface area contributed by atoms with Crippen molar-refractivity contribution in [2.45, 2.75) is 26.2 Å². The third-order valence-corrected chi connectivity index (χ3v) is 1.99. The van der Waals surface area contributed by atoms with Crippen LogP contribution >= 0.6 is 0 Å². The summed E-state index contributed by atoms with van der Waals surface area (Å²) in [5.74, 6) is -0.258. The molecule has 0 N–H and O–H groups in total. The summed E-state index contributed by atoms with van der Waals surface area (Å²) in [4.78, 5) is 10.8. The number of ketones is 1. The molecule has 1 aromatic carbocycles. The molecule has 0 fully saturated rings. The number of carbonyl (C=O) groups is 1. The van der Waals surface area contributed by atoms with Crippen molar-refractivity contribution in [3.8, 4) is 0 Å². The first kappa shape index (κ1) is 12.7. The second-order valence-corrected chi connectivity index (χ2v) is 3.49. The van der Waals surface area contributed by atoms with E-state index < -0.39 is 24.0 Å². The van der Waals surface area contributed by atoms with Crippen LogP contribution < -0.4 is 0 Å². The van der Waals surface area contributed by atoms with Gasteiger partial charge in [-0.3, -0.25) is 4.79 Å². The average Bonchev–Trinajstić information content (AvgIpc) is 2.15. The molecule has 1 nitrogen and oxygen atoms in total. The Morgan fingerprint density at radius 3 is 1.81 bits per heavy atom. The predicted molar refractivity (Wildman–Crippen MR) is 50.7 cm³/mol. The lowest BCUT2D eigenvalue weighted by molar-refractivity contribution is -0.116. The van der Waals surface area contributed by atoms with Gasteiger partial charge in [0.1, 0.15) is 5.78 Å². The number of Topliss-reactive ketones (excluding diaryl/α,β-unsaturated/α-hetero) is 1. The molecule has 0 atom stereocenters. The Balaban J connectivity index is 3.13. The Morgan fingerprint density at radius 1 is 1.06 bits per heavy atom. The molecule has 5 heteroatoms. The minimum absolute atomic E-state index is 0.111. The van der Waals surface area contributed by atoms with E-state index in [0.717, 1.165) is 18.2 Å². The van der Waals surface area contributed by atoms with Gasteiger partial charge in [0.05, 0.1) is 0 Å². The first-order valence-electron chi connectivity index (χ1n) is 4.59. The Morgan fingerprint density at radius 2 is 1.50 bits per heavy atom. The molecular formula is C11H10F4O. The van der Waals surface area contributed by atoms with Crippen LogP contribution in [0.2, 0.25) is 0 Å². The maximum Gasteiger partial charge on any atom is 0.263 e. The molecule has 16 heavy (non-hydrogen) atoms. The summed E-state index contributed by atoms with van der Waals surface area (Å²) in [6, 6.07) is 2.93. The van der Waals surface area contributed by atoms with Crippen LogP contribution in [0.3, 0.4) is 0 Å². The Hall–Kier alpha value is -1.39. The quantitative estimate of drug-likeness (QED) is 0.726. The minimum atomic E-state index is -2.82. The topological polar surface area (TPSA) is 17.1 Å². The standard InChI is InChI=1S/C11H10F4O/c1-6(16)2-7-3-8(10(12)13)5-9(4-7)11(14)15/h3-5,10-11H,2H2,1H3. The Bertz CT molecular complexity index is 361. The summed E-state index contributed by atoms with van der Waals surface area (Å²) in [5, 5.41) is 0. The van der Waals surface area contributed by atoms with Crippen molar-refractivity contribution < 1.29 is 22.4 Å². The van der Waals surface area contributed by atoms with E-state index in [-0.39, 0.29) is 17.8 Å². The molecule has 0 aromatic heterocycles. The van der Waals surface area contributed by atoms with Crippen LogP contribution in [0.1, 0.15) is 36.5 Å². The Labute approximate surface area is 90.1 Å². The molecule has 0 aliphatic heterocycles. The molecule has 0 amide bonds. The van der Waals surface area contributed by atoms with Gasteiger partial charge in [0.2, 0.25) is 0 Å². The molecular weight excluding hydrogens is 224 g/mol. The Kier molecular flexibility index (Phi) is 4.04. The first-order chi connectivity index (χ1) is 7.40. The van der Waals surface area contributed by atoms with Crippen LogP contribution in [-0.4, -0.2) is 5.78 Å². The van der Waals surface area contributed by atoms with Gasteiger partial charge in [-0.2, -0.15) is 0 Å². The van der Waals surface area contributed by atoms with Crippen molar-refractivity contribution >= 4 is 5.78 Å². The normalized spacial score (nSPS) is 11.2. The zero-order valence-corrected chi connectivity index (χ0v) is 8.51. The summed E-state index contributed by atoms with van der Waals surface area (Å²) in [6.45, 7) is 1.27. The van der Waals surface area contributed by atoms with E-state index in [1.54, 1.807) is 0 Å². The molecule has 0 radical (unpaired) electrons. The van der Waals surface area contributed by atoms with Crippen molar-refractivity contribution in [1.82, 2.24) is 0 Å². The van der Waals surface area contributed by atoms with Crippen molar-refractivity contribution in [1.29, 1.82) is 0 Å². The highest BCUT2D eigenvalue weighted by molar-refractivity contribution is 5.78. The van der Waals surface area contributed by atoms with E-state index >= 15 is 0 Å². The number of hydrogen-bond donors (Lipinski definition) is 0. The fourth-order valence-electron chi connectivity index (χ4n) is 1.39. The third-order valence-electron chi connectivity index (χ3n) is 1.99. The number of alkyl halides is 4. The highest BCUT2D eigenvalue weighted by Gasteiger charge is 2.15. The molecule has 0 unspecified atom stereocenters. The molecule has 0 saturated carbocycles. The summed E-state index contributed by atoms with van der Waals surface area (Å²) < 4.78 is 49.6. The van der Waals surface area contributed by atoms with Gasteiger partial charge in [-0.1, -0.05) is 0 Å². The number of carbonyl (C=O) groups excluding carboxylic acids is 1. The van der Waals surface area contributed by atoms with Gasteiger partial charge in [0.25, 0.3) is 12.9 Å². The molecule has 0 spiro atoms. The number of rotatable bonds is 4. The van der Waals surface area contributed by atoms with Gasteiger partial charge >= 0.3 is 0 Å². The van der Waals surface area contributed by atoms with E-state index in [2.05, 4.69) is 0 Å². The van der Waals surface area contributed by atoms with E-state index in [1.807, 2.05) is 0 Å². The summed E-state index contributed by atoms with van der Waals surface area (Å²) in [7, 11) is 0. The van der Waals surface area contributed by atoms with Crippen LogP contribution in [0, 0.1) is 0 Å². The SMILES string of the molecule is CC(=O)Cc1cc(C(F)F)cc(C(F)F)c1. The minimum Gasteiger partial charge on any atom is -0.300 e. The summed E-state index contributed by atoms with van der Waals surface area (Å²) >= 11 is 0. The molecule has 0 bridgehead atoms. The van der Waals surface area contributed by atoms with E-state index in [4.69, 9.17) is 0 Å². The maximum atomic E-state index is 12.4. The zero-order valence-electron chi connectivity index (χ0n) is 8.51. The van der Waals surface area contributed by atoms with E-state index in [9.17, 15) is 22.4 Å². The van der Waals surface area contributed by atoms with Crippen molar-refractivity contribution in [3.05, 3.63) is 34.9 Å². The van der Waals surface area contributed by atoms with Crippen LogP contribution in [0.25, 0.3) is 0 Å². The van der Waals surface area contributed by atoms with Gasteiger partial charge in [-0.05, 0) is 30.7 Å². The van der Waals surface area contributed by atoms with E-state index in [0.29, 0.717) is 0 Å². The fraction of sp³-hybridized carbons (Fsp3) is 0.364. The van der Waals surface area contributed by atoms with Crippen molar-refractivity contribution in [2.75, 3.05) is 0 Å². The average molecular weight is 234 g/mol. The number of benzene rings is 1. The predicted octanol–water partition coefficient (Wildman–Crippen LogP) is 3.69. The van der Waals surface area contributed by atoms with Crippen LogP contribution in [0.15, 0.2) is 18.2 Å². The van der Waals surface area contributed by atoms with E-state index in [1.165, 1.54) is 6.92 Å². The maximum absolute atomic E-state index is 12.4. The summed E-state index contributed by atoms with van der Waals surface area (Å²) in [5.41, 5.74) is -0.760. The molecule has 0 saturated heterocycles. The van der Waals surface area contributed by atoms with Gasteiger partial charge < -0.3 is 0 Å². The number of hydrogen-bond acceptors (Lipinski definition) is 1. The molecule has 1 aromatic rings. The van der Waals surface area contributed by atoms with Crippen LogP contribution in [-0.2, 0) is 11.2 Å². The highest BCUT2D eigenvalue weighted by Crippen LogP contribution is 2.27. The van der Waals surface area contributed by atoms with Crippen molar-refractivity contribution in [2.24, 2.45) is 0 Å². The second kappa shape index (κ2) is 5.09. The highest BCUT2D eigenvalue weighted by atomic mass is 19.3. The fourth-order valence-corrected chi connectivity index (χ4v) is 1.39. The first-order valence-corrected chi connectivity index (χ1v) is 4.59. The molecule has 0 aliphatic rings. The van der Waals surface area contributed by atoms with Gasteiger partial charge in [0.15, 0.2) is 0 Å². The zero-order chi connectivity index (χ0) is 12.3. The number of halogens is 4. The molecule has 0 aliphatic carbocycles. The van der Waals surface area contributed by atoms with Crippen LogP contribution in [0.4, 0.5) is 17.6 Å². The third kappa shape index (κ3) is 3.32. The molecule has 1 rings (SSSR count). The summed E-state index contributed by atoms with van der Waals surface area (Å²) in [6.07, 6.45) is -5.74. The van der Waals surface area contributed by atoms with Gasteiger partial charge in [-0.25, -0.2) is 17.6 Å². The largest absolute Gasteiger partial charge is 0.300 e. The lowest BCUT2D eigenvalue weighted by Crippen LogP contribution is -2.00. The molecule has 88 valence electrons. The smallest absolute Gasteiger partial charge is 0.263 e. The lowest BCUT2D eigenvalue weighted by Gasteiger charge is -2.07. The van der Waals surface area contributed by atoms with Gasteiger partial charge in [0, 0.05) is 17.5 Å². The second-order valence-electron chi connectivity index (χ2n) is 3.49.